The fourth-order valence-corrected chi connectivity index (χ4v) is 3.17. The number of nitrogens with zero attached hydrogens (tertiary/aromatic N) is 5. The van der Waals surface area contributed by atoms with Crippen LogP contribution in [0, 0.1) is 10.1 Å². The van der Waals surface area contributed by atoms with Crippen molar-refractivity contribution < 1.29 is 9.72 Å². The highest BCUT2D eigenvalue weighted by Gasteiger charge is 2.26. The van der Waals surface area contributed by atoms with E-state index in [4.69, 9.17) is 0 Å². The van der Waals surface area contributed by atoms with Crippen molar-refractivity contribution in [2.24, 2.45) is 0 Å². The molecule has 1 atom stereocenters. The number of halogens is 1. The molecule has 1 aliphatic rings. The van der Waals surface area contributed by atoms with Crippen LogP contribution in [0.25, 0.3) is 0 Å². The number of aromatic nitrogens is 3. The maximum atomic E-state index is 13.0. The molecule has 0 aliphatic carbocycles. The van der Waals surface area contributed by atoms with Crippen molar-refractivity contribution >= 4 is 24.1 Å². The van der Waals surface area contributed by atoms with Crippen LogP contribution in [0.1, 0.15) is 25.0 Å². The van der Waals surface area contributed by atoms with E-state index in [-0.39, 0.29) is 36.7 Å². The molecule has 0 spiro atoms. The van der Waals surface area contributed by atoms with Gasteiger partial charge in [-0.1, -0.05) is 6.07 Å². The molecule has 0 saturated carbocycles. The van der Waals surface area contributed by atoms with E-state index in [1.165, 1.54) is 16.9 Å². The van der Waals surface area contributed by atoms with Crippen LogP contribution in [0.5, 0.6) is 0 Å². The Kier molecular flexibility index (Phi) is 7.68. The molecule has 3 heterocycles. The zero-order valence-corrected chi connectivity index (χ0v) is 15.7. The van der Waals surface area contributed by atoms with Crippen molar-refractivity contribution in [1.29, 1.82) is 0 Å². The number of carbonyl (C=O) groups is 1. The van der Waals surface area contributed by atoms with Gasteiger partial charge in [-0.3, -0.25) is 9.78 Å². The zero-order valence-electron chi connectivity index (χ0n) is 14.9. The molecule has 1 saturated heterocycles. The van der Waals surface area contributed by atoms with Gasteiger partial charge in [0, 0.05) is 12.2 Å². The SMILES string of the molecule is Cl.O=C(Cn1ccc([N+](=O)[O-])n1)N(Cc1ccccn1)C1CCCNCC1. The molecule has 1 aliphatic heterocycles. The molecule has 9 nitrogen and oxygen atoms in total. The van der Waals surface area contributed by atoms with Crippen molar-refractivity contribution in [3.05, 3.63) is 52.5 Å². The van der Waals surface area contributed by atoms with Gasteiger partial charge in [-0.05, 0) is 49.4 Å². The lowest BCUT2D eigenvalue weighted by Gasteiger charge is -2.30. The molecule has 1 unspecified atom stereocenters. The summed E-state index contributed by atoms with van der Waals surface area (Å²) >= 11 is 0. The van der Waals surface area contributed by atoms with Gasteiger partial charge in [0.05, 0.1) is 29.6 Å². The van der Waals surface area contributed by atoms with Gasteiger partial charge in [0.25, 0.3) is 0 Å². The summed E-state index contributed by atoms with van der Waals surface area (Å²) in [5, 5.41) is 18.0. The molecule has 1 N–H and O–H groups in total. The molecule has 0 aromatic carbocycles. The monoisotopic (exact) mass is 394 g/mol. The van der Waals surface area contributed by atoms with E-state index >= 15 is 0 Å². The van der Waals surface area contributed by atoms with Crippen molar-refractivity contribution in [2.75, 3.05) is 13.1 Å². The quantitative estimate of drug-likeness (QED) is 0.591. The second kappa shape index (κ2) is 9.98. The van der Waals surface area contributed by atoms with Crippen LogP contribution in [0.15, 0.2) is 36.7 Å². The summed E-state index contributed by atoms with van der Waals surface area (Å²) in [7, 11) is 0. The van der Waals surface area contributed by atoms with Crippen molar-refractivity contribution in [3.63, 3.8) is 0 Å². The van der Waals surface area contributed by atoms with E-state index in [9.17, 15) is 14.9 Å². The van der Waals surface area contributed by atoms with E-state index < -0.39 is 4.92 Å². The van der Waals surface area contributed by atoms with E-state index in [1.54, 1.807) is 6.20 Å². The fourth-order valence-electron chi connectivity index (χ4n) is 3.17. The molecule has 10 heteroatoms. The lowest BCUT2D eigenvalue weighted by molar-refractivity contribution is -0.389. The molecule has 146 valence electrons. The van der Waals surface area contributed by atoms with Crippen LogP contribution in [-0.4, -0.2) is 49.6 Å². The number of pyridine rings is 1. The number of carbonyl (C=O) groups excluding carboxylic acids is 1. The number of rotatable bonds is 6. The minimum absolute atomic E-state index is 0. The van der Waals surface area contributed by atoms with Gasteiger partial charge in [0.2, 0.25) is 5.91 Å². The highest BCUT2D eigenvalue weighted by Crippen LogP contribution is 2.17. The Morgan fingerprint density at radius 3 is 2.89 bits per heavy atom. The van der Waals surface area contributed by atoms with Crippen molar-refractivity contribution in [3.8, 4) is 0 Å². The first-order chi connectivity index (χ1) is 12.6. The van der Waals surface area contributed by atoms with Crippen molar-refractivity contribution in [2.45, 2.75) is 38.4 Å². The van der Waals surface area contributed by atoms with E-state index in [2.05, 4.69) is 15.4 Å². The molecule has 3 rings (SSSR count). The first-order valence-corrected chi connectivity index (χ1v) is 8.71. The predicted molar refractivity (Wildman–Crippen MR) is 101 cm³/mol. The molecule has 1 amide bonds. The van der Waals surface area contributed by atoms with Crippen LogP contribution < -0.4 is 5.32 Å². The van der Waals surface area contributed by atoms with Crippen LogP contribution in [0.3, 0.4) is 0 Å². The number of nitro groups is 1. The van der Waals surface area contributed by atoms with Gasteiger partial charge in [-0.15, -0.1) is 12.4 Å². The smallest absolute Gasteiger partial charge is 0.358 e. The Balaban J connectivity index is 0.00000261. The summed E-state index contributed by atoms with van der Waals surface area (Å²) in [5.41, 5.74) is 0.824. The largest absolute Gasteiger partial charge is 0.389 e. The van der Waals surface area contributed by atoms with Gasteiger partial charge in [-0.25, -0.2) is 0 Å². The third-order valence-corrected chi connectivity index (χ3v) is 4.48. The van der Waals surface area contributed by atoms with Gasteiger partial charge in [-0.2, -0.15) is 4.68 Å². The number of hydrogen-bond acceptors (Lipinski definition) is 6. The third-order valence-electron chi connectivity index (χ3n) is 4.48. The summed E-state index contributed by atoms with van der Waals surface area (Å²) in [6, 6.07) is 7.05. The Hall–Kier alpha value is -2.52. The normalized spacial score (nSPS) is 16.8. The maximum Gasteiger partial charge on any atom is 0.389 e. The molecule has 0 radical (unpaired) electrons. The predicted octanol–water partition coefficient (Wildman–Crippen LogP) is 1.78. The Morgan fingerprint density at radius 2 is 2.19 bits per heavy atom. The van der Waals surface area contributed by atoms with Crippen LogP contribution >= 0.6 is 12.4 Å². The Labute approximate surface area is 163 Å². The average Bonchev–Trinajstić information content (AvgIpc) is 2.94. The minimum atomic E-state index is -0.566. The Morgan fingerprint density at radius 1 is 1.33 bits per heavy atom. The summed E-state index contributed by atoms with van der Waals surface area (Å²) in [4.78, 5) is 29.3. The molecule has 2 aromatic heterocycles. The van der Waals surface area contributed by atoms with Gasteiger partial charge >= 0.3 is 5.82 Å². The lowest BCUT2D eigenvalue weighted by Crippen LogP contribution is -2.42. The lowest BCUT2D eigenvalue weighted by atomic mass is 10.1. The van der Waals surface area contributed by atoms with Gasteiger partial charge in [0.15, 0.2) is 0 Å². The second-order valence-electron chi connectivity index (χ2n) is 6.31. The van der Waals surface area contributed by atoms with E-state index in [0.29, 0.717) is 6.54 Å². The van der Waals surface area contributed by atoms with Crippen molar-refractivity contribution in [1.82, 2.24) is 25.0 Å². The third kappa shape index (κ3) is 5.73. The molecule has 2 aromatic rings. The number of amides is 1. The van der Waals surface area contributed by atoms with E-state index in [0.717, 1.165) is 38.0 Å². The molecular formula is C17H23ClN6O3. The highest BCUT2D eigenvalue weighted by atomic mass is 35.5. The standard InChI is InChI=1S/C17H22N6O3.ClH/c24-17(13-21-11-7-16(20-21)23(25)26)22(12-14-4-1-2-9-19-14)15-5-3-8-18-10-6-15;/h1-2,4,7,9,11,15,18H,3,5-6,8,10,12-13H2;1H. The maximum absolute atomic E-state index is 13.0. The summed E-state index contributed by atoms with van der Waals surface area (Å²) < 4.78 is 1.32. The Bertz CT molecular complexity index is 746. The summed E-state index contributed by atoms with van der Waals surface area (Å²) in [6.45, 7) is 2.22. The molecule has 1 fully saturated rings. The first-order valence-electron chi connectivity index (χ1n) is 8.71. The molecule has 0 bridgehead atoms. The van der Waals surface area contributed by atoms with Crippen LogP contribution in [0.2, 0.25) is 0 Å². The summed E-state index contributed by atoms with van der Waals surface area (Å²) in [6.07, 6.45) is 5.97. The van der Waals surface area contributed by atoms with Crippen LogP contribution in [0.4, 0.5) is 5.82 Å². The fraction of sp³-hybridized carbons (Fsp3) is 0.471. The number of nitrogens with one attached hydrogen (secondary N) is 1. The number of hydrogen-bond donors (Lipinski definition) is 1. The van der Waals surface area contributed by atoms with Gasteiger partial charge < -0.3 is 20.3 Å². The molecular weight excluding hydrogens is 372 g/mol. The highest BCUT2D eigenvalue weighted by molar-refractivity contribution is 5.85. The van der Waals surface area contributed by atoms with E-state index in [1.807, 2.05) is 23.1 Å². The van der Waals surface area contributed by atoms with Gasteiger partial charge in [0.1, 0.15) is 6.54 Å². The second-order valence-corrected chi connectivity index (χ2v) is 6.31. The minimum Gasteiger partial charge on any atom is -0.358 e. The first kappa shape index (κ1) is 20.8. The average molecular weight is 395 g/mol. The zero-order chi connectivity index (χ0) is 18.4. The molecule has 27 heavy (non-hydrogen) atoms. The topological polar surface area (TPSA) is 106 Å². The van der Waals surface area contributed by atoms with Crippen LogP contribution in [-0.2, 0) is 17.9 Å². The summed E-state index contributed by atoms with van der Waals surface area (Å²) in [5.74, 6) is -0.367.